The smallest absolute Gasteiger partial charge is 0.136 e. The molecule has 0 bridgehead atoms. The van der Waals surface area contributed by atoms with E-state index in [-0.39, 0.29) is 0 Å². The van der Waals surface area contributed by atoms with Crippen molar-refractivity contribution in [1.29, 1.82) is 0 Å². The summed E-state index contributed by atoms with van der Waals surface area (Å²) in [5, 5.41) is 3.39. The van der Waals surface area contributed by atoms with E-state index in [2.05, 4.69) is 24.3 Å². The summed E-state index contributed by atoms with van der Waals surface area (Å²) >= 11 is 0. The maximum absolute atomic E-state index is 4.74. The van der Waals surface area contributed by atoms with Gasteiger partial charge in [0, 0.05) is 45.1 Å². The van der Waals surface area contributed by atoms with Crippen LogP contribution in [0.1, 0.15) is 35.8 Å². The van der Waals surface area contributed by atoms with Crippen molar-refractivity contribution < 1.29 is 0 Å². The molecule has 1 fully saturated rings. The monoisotopic (exact) mass is 218 g/mol. The van der Waals surface area contributed by atoms with Crippen molar-refractivity contribution in [3.63, 3.8) is 0 Å². The fraction of sp³-hybridized carbons (Fsp3) is 0.667. The number of nitrogens with zero attached hydrogens (tertiary/aromatic N) is 3. The fourth-order valence-electron chi connectivity index (χ4n) is 2.24. The molecular formula is C12H18N4. The highest BCUT2D eigenvalue weighted by molar-refractivity contribution is 5.49. The van der Waals surface area contributed by atoms with Crippen LogP contribution in [-0.2, 0) is 13.0 Å². The molecule has 0 radical (unpaired) electrons. The molecule has 1 aromatic rings. The van der Waals surface area contributed by atoms with Crippen LogP contribution in [0.25, 0.3) is 0 Å². The van der Waals surface area contributed by atoms with Crippen LogP contribution < -0.4 is 10.2 Å². The predicted molar refractivity (Wildman–Crippen MR) is 63.7 cm³/mol. The van der Waals surface area contributed by atoms with E-state index in [1.54, 1.807) is 0 Å². The van der Waals surface area contributed by atoms with Gasteiger partial charge in [-0.05, 0) is 12.8 Å². The lowest BCUT2D eigenvalue weighted by Gasteiger charge is -2.23. The highest BCUT2D eigenvalue weighted by Crippen LogP contribution is 2.39. The van der Waals surface area contributed by atoms with Gasteiger partial charge in [0.15, 0.2) is 0 Å². The molecule has 2 aliphatic rings. The standard InChI is InChI=1S/C12H18N4/c1-16(2)12-9-7-13-6-5-10(9)14-11(15-12)8-3-4-8/h8,13H,3-7H2,1-2H3. The highest BCUT2D eigenvalue weighted by Gasteiger charge is 2.29. The molecule has 1 aliphatic heterocycles. The summed E-state index contributed by atoms with van der Waals surface area (Å²) in [5.41, 5.74) is 2.56. The first kappa shape index (κ1) is 10.0. The van der Waals surface area contributed by atoms with Crippen LogP contribution in [0.4, 0.5) is 5.82 Å². The molecule has 0 atom stereocenters. The van der Waals surface area contributed by atoms with Crippen LogP contribution in [0.3, 0.4) is 0 Å². The Morgan fingerprint density at radius 2 is 2.06 bits per heavy atom. The maximum Gasteiger partial charge on any atom is 0.136 e. The zero-order valence-electron chi connectivity index (χ0n) is 9.95. The van der Waals surface area contributed by atoms with Crippen molar-refractivity contribution in [1.82, 2.24) is 15.3 Å². The molecule has 1 saturated carbocycles. The first-order valence-electron chi connectivity index (χ1n) is 6.03. The average molecular weight is 218 g/mol. The lowest BCUT2D eigenvalue weighted by atomic mass is 10.1. The quantitative estimate of drug-likeness (QED) is 0.806. The van der Waals surface area contributed by atoms with Crippen molar-refractivity contribution in [3.8, 4) is 0 Å². The Labute approximate surface area is 96.1 Å². The van der Waals surface area contributed by atoms with Crippen molar-refractivity contribution in [2.75, 3.05) is 25.5 Å². The van der Waals surface area contributed by atoms with E-state index < -0.39 is 0 Å². The number of nitrogens with one attached hydrogen (secondary N) is 1. The number of fused-ring (bicyclic) bond motifs is 1. The molecule has 16 heavy (non-hydrogen) atoms. The predicted octanol–water partition coefficient (Wildman–Crippen LogP) is 1.07. The molecule has 0 aromatic carbocycles. The van der Waals surface area contributed by atoms with Crippen molar-refractivity contribution in [2.24, 2.45) is 0 Å². The van der Waals surface area contributed by atoms with E-state index in [0.29, 0.717) is 5.92 Å². The second-order valence-corrected chi connectivity index (χ2v) is 4.93. The lowest BCUT2D eigenvalue weighted by molar-refractivity contribution is 0.619. The van der Waals surface area contributed by atoms with Gasteiger partial charge in [-0.1, -0.05) is 0 Å². The Morgan fingerprint density at radius 3 is 2.75 bits per heavy atom. The van der Waals surface area contributed by atoms with Crippen LogP contribution in [0.2, 0.25) is 0 Å². The molecule has 1 N–H and O–H groups in total. The molecular weight excluding hydrogens is 200 g/mol. The Balaban J connectivity index is 2.08. The summed E-state index contributed by atoms with van der Waals surface area (Å²) < 4.78 is 0. The molecule has 0 unspecified atom stereocenters. The van der Waals surface area contributed by atoms with E-state index in [1.165, 1.54) is 24.1 Å². The van der Waals surface area contributed by atoms with E-state index >= 15 is 0 Å². The molecule has 1 aromatic heterocycles. The van der Waals surface area contributed by atoms with Crippen molar-refractivity contribution in [2.45, 2.75) is 31.7 Å². The van der Waals surface area contributed by atoms with Gasteiger partial charge >= 0.3 is 0 Å². The van der Waals surface area contributed by atoms with Crippen LogP contribution >= 0.6 is 0 Å². The van der Waals surface area contributed by atoms with Gasteiger partial charge in [-0.3, -0.25) is 0 Å². The van der Waals surface area contributed by atoms with Crippen LogP contribution in [0.5, 0.6) is 0 Å². The Hall–Kier alpha value is -1.16. The van der Waals surface area contributed by atoms with Gasteiger partial charge in [0.25, 0.3) is 0 Å². The second-order valence-electron chi connectivity index (χ2n) is 4.93. The third-order valence-corrected chi connectivity index (χ3v) is 3.29. The fourth-order valence-corrected chi connectivity index (χ4v) is 2.24. The van der Waals surface area contributed by atoms with Crippen LogP contribution in [0.15, 0.2) is 0 Å². The van der Waals surface area contributed by atoms with E-state index in [0.717, 1.165) is 31.2 Å². The zero-order chi connectivity index (χ0) is 11.1. The Kier molecular flexibility index (Phi) is 2.32. The van der Waals surface area contributed by atoms with Crippen LogP contribution in [0, 0.1) is 0 Å². The number of aromatic nitrogens is 2. The minimum Gasteiger partial charge on any atom is -0.362 e. The maximum atomic E-state index is 4.74. The van der Waals surface area contributed by atoms with Gasteiger partial charge < -0.3 is 10.2 Å². The average Bonchev–Trinajstić information content (AvgIpc) is 3.11. The molecule has 0 amide bonds. The summed E-state index contributed by atoms with van der Waals surface area (Å²) in [6.07, 6.45) is 3.58. The minimum atomic E-state index is 0.638. The SMILES string of the molecule is CN(C)c1nc(C2CC2)nc2c1CNCC2. The number of anilines is 1. The molecule has 2 heterocycles. The molecule has 86 valence electrons. The minimum absolute atomic E-state index is 0.638. The summed E-state index contributed by atoms with van der Waals surface area (Å²) in [6, 6.07) is 0. The third-order valence-electron chi connectivity index (χ3n) is 3.29. The van der Waals surface area contributed by atoms with Gasteiger partial charge in [-0.25, -0.2) is 9.97 Å². The van der Waals surface area contributed by atoms with Gasteiger partial charge in [0.1, 0.15) is 11.6 Å². The van der Waals surface area contributed by atoms with Gasteiger partial charge in [-0.2, -0.15) is 0 Å². The lowest BCUT2D eigenvalue weighted by Crippen LogP contribution is -2.28. The van der Waals surface area contributed by atoms with E-state index in [9.17, 15) is 0 Å². The number of rotatable bonds is 2. The number of hydrogen-bond acceptors (Lipinski definition) is 4. The first-order chi connectivity index (χ1) is 7.75. The molecule has 0 spiro atoms. The normalized spacial score (nSPS) is 19.4. The third kappa shape index (κ3) is 1.67. The summed E-state index contributed by atoms with van der Waals surface area (Å²) in [5.74, 6) is 2.82. The highest BCUT2D eigenvalue weighted by atomic mass is 15.2. The molecule has 3 rings (SSSR count). The van der Waals surface area contributed by atoms with Crippen molar-refractivity contribution in [3.05, 3.63) is 17.1 Å². The van der Waals surface area contributed by atoms with Crippen LogP contribution in [-0.4, -0.2) is 30.6 Å². The van der Waals surface area contributed by atoms with Gasteiger partial charge in [0.2, 0.25) is 0 Å². The Bertz CT molecular complexity index is 410. The first-order valence-corrected chi connectivity index (χ1v) is 6.03. The zero-order valence-corrected chi connectivity index (χ0v) is 9.95. The molecule has 4 heteroatoms. The van der Waals surface area contributed by atoms with Crippen molar-refractivity contribution >= 4 is 5.82 Å². The topological polar surface area (TPSA) is 41.1 Å². The number of hydrogen-bond donors (Lipinski definition) is 1. The van der Waals surface area contributed by atoms with Gasteiger partial charge in [0.05, 0.1) is 5.69 Å². The Morgan fingerprint density at radius 1 is 1.25 bits per heavy atom. The largest absolute Gasteiger partial charge is 0.362 e. The van der Waals surface area contributed by atoms with E-state index in [1.807, 2.05) is 0 Å². The summed E-state index contributed by atoms with van der Waals surface area (Å²) in [7, 11) is 4.13. The molecule has 4 nitrogen and oxygen atoms in total. The summed E-state index contributed by atoms with van der Waals surface area (Å²) in [6.45, 7) is 1.95. The second kappa shape index (κ2) is 3.70. The summed E-state index contributed by atoms with van der Waals surface area (Å²) in [4.78, 5) is 11.6. The van der Waals surface area contributed by atoms with Gasteiger partial charge in [-0.15, -0.1) is 0 Å². The molecule has 0 saturated heterocycles. The van der Waals surface area contributed by atoms with E-state index in [4.69, 9.17) is 9.97 Å². The molecule has 1 aliphatic carbocycles.